The highest BCUT2D eigenvalue weighted by Crippen LogP contribution is 2.38. The lowest BCUT2D eigenvalue weighted by Gasteiger charge is -2.39. The number of unbranched alkanes of at least 4 members (excludes halogenated alkanes) is 3. The fourth-order valence-corrected chi connectivity index (χ4v) is 3.36. The van der Waals surface area contributed by atoms with Crippen molar-refractivity contribution in [1.29, 1.82) is 0 Å². The Morgan fingerprint density at radius 2 is 1.75 bits per heavy atom. The Bertz CT molecular complexity index is 282. The number of hydrogen-bond acceptors (Lipinski definition) is 2. The van der Waals surface area contributed by atoms with Crippen LogP contribution in [0.15, 0.2) is 0 Å². The highest BCUT2D eigenvalue weighted by Gasteiger charge is 2.38. The van der Waals surface area contributed by atoms with E-state index in [0.29, 0.717) is 6.42 Å². The third-order valence-electron chi connectivity index (χ3n) is 4.33. The van der Waals surface area contributed by atoms with Crippen LogP contribution in [-0.2, 0) is 9.22 Å². The van der Waals surface area contributed by atoms with Gasteiger partial charge in [-0.3, -0.25) is 4.79 Å². The molecule has 1 N–H and O–H groups in total. The minimum atomic E-state index is -1.80. The van der Waals surface area contributed by atoms with Crippen molar-refractivity contribution in [3.05, 3.63) is 0 Å². The van der Waals surface area contributed by atoms with E-state index in [-0.39, 0.29) is 17.6 Å². The SMILES string of the molecule is CCCCCCC(CCC(=O)O)O[Si](C)(C)C(C)(C)C. The molecule has 0 aromatic heterocycles. The fraction of sp³-hybridized carbons (Fsp3) is 0.938. The molecule has 4 heteroatoms. The van der Waals surface area contributed by atoms with E-state index in [1.807, 2.05) is 0 Å². The van der Waals surface area contributed by atoms with Crippen LogP contribution in [0.2, 0.25) is 18.1 Å². The number of carboxylic acid groups (broad SMARTS) is 1. The molecule has 0 spiro atoms. The summed E-state index contributed by atoms with van der Waals surface area (Å²) in [6.07, 6.45) is 6.83. The van der Waals surface area contributed by atoms with Crippen LogP contribution in [0.4, 0.5) is 0 Å². The second-order valence-corrected chi connectivity index (χ2v) is 12.0. The second kappa shape index (κ2) is 8.83. The van der Waals surface area contributed by atoms with Crippen molar-refractivity contribution >= 4 is 14.3 Å². The van der Waals surface area contributed by atoms with Gasteiger partial charge in [0.15, 0.2) is 8.32 Å². The maximum Gasteiger partial charge on any atom is 0.303 e. The minimum Gasteiger partial charge on any atom is -0.481 e. The van der Waals surface area contributed by atoms with Gasteiger partial charge in [-0.25, -0.2) is 0 Å². The standard InChI is InChI=1S/C16H34O3Si/c1-7-8-9-10-11-14(12-13-15(17)18)19-20(5,6)16(2,3)4/h14H,7-13H2,1-6H3,(H,17,18). The highest BCUT2D eigenvalue weighted by molar-refractivity contribution is 6.74. The lowest BCUT2D eigenvalue weighted by Crippen LogP contribution is -2.44. The second-order valence-electron chi connectivity index (χ2n) is 7.28. The molecule has 120 valence electrons. The fourth-order valence-electron chi connectivity index (χ4n) is 1.94. The van der Waals surface area contributed by atoms with Crippen molar-refractivity contribution in [2.45, 2.75) is 96.9 Å². The third kappa shape index (κ3) is 8.05. The van der Waals surface area contributed by atoms with Gasteiger partial charge < -0.3 is 9.53 Å². The van der Waals surface area contributed by atoms with E-state index in [2.05, 4.69) is 40.8 Å². The van der Waals surface area contributed by atoms with Crippen LogP contribution in [-0.4, -0.2) is 25.5 Å². The molecule has 1 unspecified atom stereocenters. The van der Waals surface area contributed by atoms with Crippen molar-refractivity contribution in [1.82, 2.24) is 0 Å². The average molecular weight is 303 g/mol. The van der Waals surface area contributed by atoms with Crippen LogP contribution in [0.1, 0.15) is 72.6 Å². The van der Waals surface area contributed by atoms with Crippen molar-refractivity contribution < 1.29 is 14.3 Å². The predicted octanol–water partition coefficient (Wildman–Crippen LogP) is 5.21. The molecule has 0 amide bonds. The Hall–Kier alpha value is -0.353. The van der Waals surface area contributed by atoms with Crippen LogP contribution in [0.3, 0.4) is 0 Å². The van der Waals surface area contributed by atoms with Gasteiger partial charge >= 0.3 is 5.97 Å². The van der Waals surface area contributed by atoms with Gasteiger partial charge in [0.1, 0.15) is 0 Å². The van der Waals surface area contributed by atoms with Gasteiger partial charge in [0.05, 0.1) is 0 Å². The highest BCUT2D eigenvalue weighted by atomic mass is 28.4. The number of carboxylic acids is 1. The Balaban J connectivity index is 4.47. The lowest BCUT2D eigenvalue weighted by atomic mass is 10.1. The van der Waals surface area contributed by atoms with Gasteiger partial charge in [-0.15, -0.1) is 0 Å². The van der Waals surface area contributed by atoms with Crippen molar-refractivity contribution in [2.75, 3.05) is 0 Å². The van der Waals surface area contributed by atoms with Gasteiger partial charge in [0, 0.05) is 12.5 Å². The maximum absolute atomic E-state index is 10.8. The van der Waals surface area contributed by atoms with Crippen molar-refractivity contribution in [3.63, 3.8) is 0 Å². The number of carbonyl (C=O) groups is 1. The van der Waals surface area contributed by atoms with E-state index in [9.17, 15) is 4.79 Å². The first-order valence-electron chi connectivity index (χ1n) is 7.99. The molecule has 0 rings (SSSR count). The van der Waals surface area contributed by atoms with Crippen LogP contribution < -0.4 is 0 Å². The molecule has 0 heterocycles. The van der Waals surface area contributed by atoms with Crippen LogP contribution in [0, 0.1) is 0 Å². The molecule has 0 aliphatic carbocycles. The summed E-state index contributed by atoms with van der Waals surface area (Å²) in [4.78, 5) is 10.8. The first kappa shape index (κ1) is 19.6. The predicted molar refractivity (Wildman–Crippen MR) is 87.7 cm³/mol. The summed E-state index contributed by atoms with van der Waals surface area (Å²) in [7, 11) is -1.80. The van der Waals surface area contributed by atoms with E-state index in [1.54, 1.807) is 0 Å². The molecule has 1 atom stereocenters. The Morgan fingerprint density at radius 1 is 1.15 bits per heavy atom. The molecule has 3 nitrogen and oxygen atoms in total. The summed E-state index contributed by atoms with van der Waals surface area (Å²) in [5.74, 6) is -0.720. The number of hydrogen-bond donors (Lipinski definition) is 1. The molecular weight excluding hydrogens is 268 g/mol. The summed E-state index contributed by atoms with van der Waals surface area (Å²) in [6.45, 7) is 13.4. The average Bonchev–Trinajstić information content (AvgIpc) is 2.29. The largest absolute Gasteiger partial charge is 0.481 e. The minimum absolute atomic E-state index is 0.115. The Kier molecular flexibility index (Phi) is 8.67. The number of aliphatic carboxylic acids is 1. The van der Waals surface area contributed by atoms with E-state index in [0.717, 1.165) is 12.8 Å². The summed E-state index contributed by atoms with van der Waals surface area (Å²) in [5, 5.41) is 9.06. The molecule has 0 bridgehead atoms. The van der Waals surface area contributed by atoms with Crippen molar-refractivity contribution in [2.24, 2.45) is 0 Å². The monoisotopic (exact) mass is 302 g/mol. The molecule has 20 heavy (non-hydrogen) atoms. The van der Waals surface area contributed by atoms with Crippen LogP contribution in [0.25, 0.3) is 0 Å². The molecule has 0 aliphatic heterocycles. The maximum atomic E-state index is 10.8. The summed E-state index contributed by atoms with van der Waals surface area (Å²) in [6, 6.07) is 0. The summed E-state index contributed by atoms with van der Waals surface area (Å²) in [5.41, 5.74) is 0. The normalized spacial score (nSPS) is 14.3. The van der Waals surface area contributed by atoms with Crippen molar-refractivity contribution in [3.8, 4) is 0 Å². The van der Waals surface area contributed by atoms with Gasteiger partial charge in [-0.2, -0.15) is 0 Å². The van der Waals surface area contributed by atoms with E-state index < -0.39 is 14.3 Å². The van der Waals surface area contributed by atoms with E-state index in [1.165, 1.54) is 19.3 Å². The molecular formula is C16H34O3Si. The van der Waals surface area contributed by atoms with E-state index >= 15 is 0 Å². The van der Waals surface area contributed by atoms with Gasteiger partial charge in [-0.1, -0.05) is 53.4 Å². The van der Waals surface area contributed by atoms with Gasteiger partial charge in [0.25, 0.3) is 0 Å². The summed E-state index contributed by atoms with van der Waals surface area (Å²) >= 11 is 0. The Morgan fingerprint density at radius 3 is 2.20 bits per heavy atom. The topological polar surface area (TPSA) is 46.5 Å². The van der Waals surface area contributed by atoms with Gasteiger partial charge in [0.2, 0.25) is 0 Å². The van der Waals surface area contributed by atoms with Crippen LogP contribution >= 0.6 is 0 Å². The first-order valence-corrected chi connectivity index (χ1v) is 10.9. The lowest BCUT2D eigenvalue weighted by molar-refractivity contribution is -0.137. The smallest absolute Gasteiger partial charge is 0.303 e. The Labute approximate surface area is 126 Å². The molecule has 0 radical (unpaired) electrons. The molecule has 0 saturated heterocycles. The van der Waals surface area contributed by atoms with E-state index in [4.69, 9.17) is 9.53 Å². The molecule has 0 fully saturated rings. The third-order valence-corrected chi connectivity index (χ3v) is 8.86. The number of rotatable bonds is 10. The van der Waals surface area contributed by atoms with Gasteiger partial charge in [-0.05, 0) is 31.0 Å². The zero-order valence-electron chi connectivity index (χ0n) is 14.3. The first-order chi connectivity index (χ1) is 9.10. The molecule has 0 aromatic carbocycles. The zero-order chi connectivity index (χ0) is 15.8. The molecule has 0 aromatic rings. The van der Waals surface area contributed by atoms with Crippen LogP contribution in [0.5, 0.6) is 0 Å². The molecule has 0 saturated carbocycles. The molecule has 0 aliphatic rings. The summed E-state index contributed by atoms with van der Waals surface area (Å²) < 4.78 is 6.41. The zero-order valence-corrected chi connectivity index (χ0v) is 15.3. The quantitative estimate of drug-likeness (QED) is 0.445.